The fourth-order valence-electron chi connectivity index (χ4n) is 1.31. The van der Waals surface area contributed by atoms with Crippen LogP contribution in [0, 0.1) is 0 Å². The summed E-state index contributed by atoms with van der Waals surface area (Å²) in [5, 5.41) is 9.59. The number of carbonyl (C=O) groups excluding carboxylic acids is 4. The van der Waals surface area contributed by atoms with Crippen molar-refractivity contribution in [3.8, 4) is 0 Å². The van der Waals surface area contributed by atoms with Crippen LogP contribution in [0.5, 0.6) is 0 Å². The van der Waals surface area contributed by atoms with Crippen LogP contribution in [-0.2, 0) is 19.1 Å². The monoisotopic (exact) mass is 382 g/mol. The minimum Gasteiger partial charge on any atom is -0.467 e. The highest BCUT2D eigenvalue weighted by molar-refractivity contribution is 8.76. The molecule has 0 heterocycles. The van der Waals surface area contributed by atoms with Gasteiger partial charge in [0.1, 0.15) is 12.1 Å². The molecule has 0 saturated heterocycles. The molecule has 0 fully saturated rings. The van der Waals surface area contributed by atoms with Gasteiger partial charge < -0.3 is 30.7 Å². The van der Waals surface area contributed by atoms with E-state index in [0.717, 1.165) is 0 Å². The van der Waals surface area contributed by atoms with Crippen LogP contribution in [-0.4, -0.2) is 75.9 Å². The van der Waals surface area contributed by atoms with Gasteiger partial charge in [0.15, 0.2) is 0 Å². The Morgan fingerprint density at radius 2 is 1.12 bits per heavy atom. The molecule has 0 rings (SSSR count). The molecule has 12 heteroatoms. The molecule has 0 aromatic rings. The summed E-state index contributed by atoms with van der Waals surface area (Å²) >= 11 is 0. The number of rotatable bonds is 9. The third-order valence-electron chi connectivity index (χ3n) is 2.59. The van der Waals surface area contributed by atoms with Gasteiger partial charge >= 0.3 is 24.0 Å². The Labute approximate surface area is 147 Å². The van der Waals surface area contributed by atoms with Crippen LogP contribution in [0.4, 0.5) is 9.59 Å². The van der Waals surface area contributed by atoms with E-state index in [1.165, 1.54) is 49.9 Å². The Balaban J connectivity index is 4.45. The smallest absolute Gasteiger partial charge is 0.329 e. The highest BCUT2D eigenvalue weighted by Gasteiger charge is 2.24. The molecule has 0 saturated carbocycles. The number of methoxy groups -OCH3 is 2. The lowest BCUT2D eigenvalue weighted by atomic mass is 10.3. The van der Waals surface area contributed by atoms with Crippen molar-refractivity contribution in [1.82, 2.24) is 21.3 Å². The number of urea groups is 2. The Hall–Kier alpha value is -1.82. The fourth-order valence-corrected chi connectivity index (χ4v) is 3.61. The van der Waals surface area contributed by atoms with E-state index in [-0.39, 0.29) is 11.5 Å². The van der Waals surface area contributed by atoms with Crippen LogP contribution in [0.25, 0.3) is 0 Å². The SMILES string of the molecule is CNC(=O)NC(CSSCC(NC(=O)NC)C(=O)OC)C(=O)OC. The van der Waals surface area contributed by atoms with E-state index in [4.69, 9.17) is 0 Å². The van der Waals surface area contributed by atoms with Gasteiger partial charge in [-0.2, -0.15) is 0 Å². The minimum absolute atomic E-state index is 0.221. The molecule has 0 aromatic carbocycles. The van der Waals surface area contributed by atoms with Crippen molar-refractivity contribution in [2.24, 2.45) is 0 Å². The number of ether oxygens (including phenoxy) is 2. The zero-order valence-corrected chi connectivity index (χ0v) is 15.5. The van der Waals surface area contributed by atoms with Crippen molar-refractivity contribution in [2.75, 3.05) is 39.8 Å². The van der Waals surface area contributed by atoms with E-state index in [1.54, 1.807) is 0 Å². The average Bonchev–Trinajstić information content (AvgIpc) is 2.60. The molecular weight excluding hydrogens is 360 g/mol. The van der Waals surface area contributed by atoms with Crippen molar-refractivity contribution in [3.63, 3.8) is 0 Å². The van der Waals surface area contributed by atoms with E-state index < -0.39 is 36.1 Å². The predicted molar refractivity (Wildman–Crippen MR) is 91.7 cm³/mol. The van der Waals surface area contributed by atoms with Gasteiger partial charge in [-0.25, -0.2) is 19.2 Å². The van der Waals surface area contributed by atoms with Gasteiger partial charge in [-0.3, -0.25) is 0 Å². The maximum atomic E-state index is 11.6. The van der Waals surface area contributed by atoms with Gasteiger partial charge in [-0.05, 0) is 0 Å². The molecule has 0 aromatic heterocycles. The van der Waals surface area contributed by atoms with Crippen LogP contribution in [0.3, 0.4) is 0 Å². The molecule has 10 nitrogen and oxygen atoms in total. The van der Waals surface area contributed by atoms with Gasteiger partial charge in [0.2, 0.25) is 0 Å². The standard InChI is InChI=1S/C12H22N4O6S2/c1-13-11(19)15-7(9(17)21-3)5-23-24-6-8(10(18)22-4)16-12(20)14-2/h7-8H,5-6H2,1-4H3,(H2,13,15,19)(H2,14,16,20). The van der Waals surface area contributed by atoms with Crippen molar-refractivity contribution in [2.45, 2.75) is 12.1 Å². The Morgan fingerprint density at radius 3 is 1.38 bits per heavy atom. The fraction of sp³-hybridized carbons (Fsp3) is 0.667. The molecule has 0 aliphatic carbocycles. The second kappa shape index (κ2) is 12.6. The number of nitrogens with one attached hydrogen (secondary N) is 4. The lowest BCUT2D eigenvalue weighted by Crippen LogP contribution is -2.47. The quantitative estimate of drug-likeness (QED) is 0.234. The van der Waals surface area contributed by atoms with Gasteiger partial charge in [0, 0.05) is 25.6 Å². The number of hydrogen-bond donors (Lipinski definition) is 4. The summed E-state index contributed by atoms with van der Waals surface area (Å²) in [5.74, 6) is -0.725. The molecule has 4 amide bonds. The predicted octanol–water partition coefficient (Wildman–Crippen LogP) is -0.691. The van der Waals surface area contributed by atoms with Crippen LogP contribution in [0.2, 0.25) is 0 Å². The van der Waals surface area contributed by atoms with Crippen LogP contribution in [0.1, 0.15) is 0 Å². The molecule has 0 radical (unpaired) electrons. The maximum Gasteiger partial charge on any atom is 0.329 e. The molecule has 2 atom stereocenters. The highest BCUT2D eigenvalue weighted by atomic mass is 33.1. The first kappa shape index (κ1) is 22.2. The number of carbonyl (C=O) groups is 4. The molecule has 0 spiro atoms. The van der Waals surface area contributed by atoms with Crippen molar-refractivity contribution in [3.05, 3.63) is 0 Å². The minimum atomic E-state index is -0.837. The summed E-state index contributed by atoms with van der Waals surface area (Å²) in [7, 11) is 7.78. The molecular formula is C12H22N4O6S2. The van der Waals surface area contributed by atoms with E-state index in [9.17, 15) is 19.2 Å². The van der Waals surface area contributed by atoms with Crippen LogP contribution in [0.15, 0.2) is 0 Å². The first-order chi connectivity index (χ1) is 11.4. The lowest BCUT2D eigenvalue weighted by molar-refractivity contribution is -0.143. The number of amides is 4. The second-order valence-electron chi connectivity index (χ2n) is 4.17. The Morgan fingerprint density at radius 1 is 0.792 bits per heavy atom. The summed E-state index contributed by atoms with van der Waals surface area (Å²) in [6, 6.07) is -2.69. The Kier molecular flexibility index (Phi) is 11.6. The average molecular weight is 382 g/mol. The summed E-state index contributed by atoms with van der Waals surface area (Å²) < 4.78 is 9.23. The third kappa shape index (κ3) is 8.72. The van der Waals surface area contributed by atoms with Crippen molar-refractivity contribution < 1.29 is 28.7 Å². The molecule has 0 bridgehead atoms. The third-order valence-corrected chi connectivity index (χ3v) is 5.01. The first-order valence-electron chi connectivity index (χ1n) is 6.76. The van der Waals surface area contributed by atoms with Gasteiger partial charge in [-0.15, -0.1) is 0 Å². The molecule has 24 heavy (non-hydrogen) atoms. The van der Waals surface area contributed by atoms with E-state index in [2.05, 4.69) is 30.7 Å². The summed E-state index contributed by atoms with van der Waals surface area (Å²) in [5.41, 5.74) is 0. The van der Waals surface area contributed by atoms with E-state index in [1.807, 2.05) is 0 Å². The van der Waals surface area contributed by atoms with Crippen LogP contribution >= 0.6 is 21.6 Å². The van der Waals surface area contributed by atoms with Crippen molar-refractivity contribution >= 4 is 45.6 Å². The molecule has 138 valence electrons. The summed E-state index contributed by atoms with van der Waals surface area (Å²) in [6.45, 7) is 0. The molecule has 4 N–H and O–H groups in total. The first-order valence-corrected chi connectivity index (χ1v) is 9.24. The highest BCUT2D eigenvalue weighted by Crippen LogP contribution is 2.23. The molecule has 0 aliphatic heterocycles. The van der Waals surface area contributed by atoms with Gasteiger partial charge in [-0.1, -0.05) is 21.6 Å². The van der Waals surface area contributed by atoms with E-state index in [0.29, 0.717) is 0 Å². The Bertz CT molecular complexity index is 411. The van der Waals surface area contributed by atoms with E-state index >= 15 is 0 Å². The normalized spacial score (nSPS) is 12.3. The zero-order chi connectivity index (χ0) is 18.5. The summed E-state index contributed by atoms with van der Waals surface area (Å²) in [4.78, 5) is 45.8. The number of hydrogen-bond acceptors (Lipinski definition) is 8. The molecule has 0 aliphatic rings. The largest absolute Gasteiger partial charge is 0.467 e. The van der Waals surface area contributed by atoms with Crippen LogP contribution < -0.4 is 21.3 Å². The molecule has 2 unspecified atom stereocenters. The van der Waals surface area contributed by atoms with Gasteiger partial charge in [0.05, 0.1) is 14.2 Å². The topological polar surface area (TPSA) is 135 Å². The van der Waals surface area contributed by atoms with Crippen molar-refractivity contribution in [1.29, 1.82) is 0 Å². The number of esters is 2. The second-order valence-corrected chi connectivity index (χ2v) is 6.72. The lowest BCUT2D eigenvalue weighted by Gasteiger charge is -2.17. The van der Waals surface area contributed by atoms with Gasteiger partial charge in [0.25, 0.3) is 0 Å². The maximum absolute atomic E-state index is 11.6. The zero-order valence-electron chi connectivity index (χ0n) is 13.8. The summed E-state index contributed by atoms with van der Waals surface area (Å²) in [6.07, 6.45) is 0.